The van der Waals surface area contributed by atoms with Crippen molar-refractivity contribution < 1.29 is 14.0 Å². The summed E-state index contributed by atoms with van der Waals surface area (Å²) < 4.78 is 13.8. The molecule has 2 aliphatic rings. The van der Waals surface area contributed by atoms with Crippen LogP contribution in [0.5, 0.6) is 0 Å². The van der Waals surface area contributed by atoms with Crippen molar-refractivity contribution in [3.05, 3.63) is 101 Å². The van der Waals surface area contributed by atoms with Gasteiger partial charge in [0, 0.05) is 42.0 Å². The third kappa shape index (κ3) is 4.71. The summed E-state index contributed by atoms with van der Waals surface area (Å²) in [6.07, 6.45) is 1.09. The summed E-state index contributed by atoms with van der Waals surface area (Å²) >= 11 is 0. The van der Waals surface area contributed by atoms with Gasteiger partial charge >= 0.3 is 0 Å². The molecule has 0 saturated carbocycles. The second kappa shape index (κ2) is 10.1. The van der Waals surface area contributed by atoms with Gasteiger partial charge in [0.1, 0.15) is 5.82 Å². The second-order valence-corrected chi connectivity index (χ2v) is 10.8. The van der Waals surface area contributed by atoms with Gasteiger partial charge in [0.05, 0.1) is 17.4 Å². The maximum Gasteiger partial charge on any atom is 0.259 e. The molecular formula is C32H34FN3O2. The first-order chi connectivity index (χ1) is 18.2. The summed E-state index contributed by atoms with van der Waals surface area (Å²) in [5.41, 5.74) is 5.02. The lowest BCUT2D eigenvalue weighted by Gasteiger charge is -2.37. The van der Waals surface area contributed by atoms with Gasteiger partial charge in [-0.3, -0.25) is 14.5 Å². The van der Waals surface area contributed by atoms with Crippen LogP contribution in [-0.2, 0) is 4.79 Å². The van der Waals surface area contributed by atoms with Crippen molar-refractivity contribution in [1.29, 1.82) is 0 Å². The lowest BCUT2D eigenvalue weighted by atomic mass is 9.73. The summed E-state index contributed by atoms with van der Waals surface area (Å²) in [7, 11) is 0. The topological polar surface area (TPSA) is 52.7 Å². The highest BCUT2D eigenvalue weighted by atomic mass is 19.1. The lowest BCUT2D eigenvalue weighted by Crippen LogP contribution is -2.39. The van der Waals surface area contributed by atoms with Crippen LogP contribution in [0.25, 0.3) is 0 Å². The van der Waals surface area contributed by atoms with Crippen molar-refractivity contribution >= 4 is 28.8 Å². The number of carbonyl (C=O) groups excluding carboxylic acids is 2. The van der Waals surface area contributed by atoms with Crippen molar-refractivity contribution in [2.24, 2.45) is 5.41 Å². The van der Waals surface area contributed by atoms with Crippen LogP contribution in [-0.4, -0.2) is 24.8 Å². The molecule has 196 valence electrons. The summed E-state index contributed by atoms with van der Waals surface area (Å²) in [6.45, 7) is 10.2. The van der Waals surface area contributed by atoms with Crippen molar-refractivity contribution in [2.45, 2.75) is 46.6 Å². The fraction of sp³-hybridized carbons (Fsp3) is 0.312. The Balaban J connectivity index is 1.74. The fourth-order valence-corrected chi connectivity index (χ4v) is 5.71. The lowest BCUT2D eigenvalue weighted by molar-refractivity contribution is -0.118. The molecule has 0 fully saturated rings. The molecule has 1 atom stereocenters. The number of nitrogens with one attached hydrogen (secondary N) is 1. The normalized spacial score (nSPS) is 18.3. The van der Waals surface area contributed by atoms with E-state index in [9.17, 15) is 14.0 Å². The third-order valence-electron chi connectivity index (χ3n) is 7.55. The molecule has 6 heteroatoms. The number of allylic oxidation sites excluding steroid dienone is 1. The average Bonchev–Trinajstić information content (AvgIpc) is 3.03. The largest absolute Gasteiger partial charge is 0.372 e. The number of halogens is 1. The number of benzene rings is 3. The highest BCUT2D eigenvalue weighted by molar-refractivity contribution is 6.12. The van der Waals surface area contributed by atoms with Crippen LogP contribution in [0.15, 0.2) is 84.1 Å². The van der Waals surface area contributed by atoms with Crippen LogP contribution in [0.4, 0.5) is 21.5 Å². The Morgan fingerprint density at radius 2 is 1.63 bits per heavy atom. The number of rotatable bonds is 5. The van der Waals surface area contributed by atoms with E-state index < -0.39 is 11.9 Å². The molecule has 5 rings (SSSR count). The molecule has 38 heavy (non-hydrogen) atoms. The maximum absolute atomic E-state index is 14.2. The van der Waals surface area contributed by atoms with Crippen LogP contribution in [0.1, 0.15) is 62.5 Å². The Hall–Kier alpha value is -3.93. The van der Waals surface area contributed by atoms with E-state index in [2.05, 4.69) is 50.0 Å². The molecule has 1 N–H and O–H groups in total. The van der Waals surface area contributed by atoms with Gasteiger partial charge in [0.15, 0.2) is 5.78 Å². The summed E-state index contributed by atoms with van der Waals surface area (Å²) in [6, 6.07) is 20.8. The second-order valence-electron chi connectivity index (χ2n) is 10.8. The predicted molar refractivity (Wildman–Crippen MR) is 151 cm³/mol. The summed E-state index contributed by atoms with van der Waals surface area (Å²) in [4.78, 5) is 32.0. The molecule has 0 saturated heterocycles. The van der Waals surface area contributed by atoms with E-state index in [4.69, 9.17) is 0 Å². The zero-order valence-corrected chi connectivity index (χ0v) is 22.4. The van der Waals surface area contributed by atoms with E-state index in [1.54, 1.807) is 4.90 Å². The minimum atomic E-state index is -0.631. The van der Waals surface area contributed by atoms with Gasteiger partial charge in [-0.15, -0.1) is 0 Å². The van der Waals surface area contributed by atoms with Crippen molar-refractivity contribution in [3.63, 3.8) is 0 Å². The van der Waals surface area contributed by atoms with Gasteiger partial charge in [-0.25, -0.2) is 4.39 Å². The van der Waals surface area contributed by atoms with Gasteiger partial charge in [-0.05, 0) is 79.8 Å². The Labute approximate surface area is 224 Å². The quantitative estimate of drug-likeness (QED) is 0.396. The van der Waals surface area contributed by atoms with Gasteiger partial charge in [0.25, 0.3) is 5.91 Å². The number of amides is 1. The molecule has 3 aromatic carbocycles. The molecule has 1 aliphatic heterocycles. The number of carbonyl (C=O) groups is 2. The van der Waals surface area contributed by atoms with E-state index in [1.807, 2.05) is 36.4 Å². The van der Waals surface area contributed by atoms with Gasteiger partial charge in [0.2, 0.25) is 0 Å². The van der Waals surface area contributed by atoms with Crippen LogP contribution in [0.2, 0.25) is 0 Å². The maximum atomic E-state index is 14.2. The molecule has 0 spiro atoms. The zero-order chi connectivity index (χ0) is 27.0. The molecule has 5 nitrogen and oxygen atoms in total. The van der Waals surface area contributed by atoms with Gasteiger partial charge in [-0.2, -0.15) is 0 Å². The molecule has 0 aromatic heterocycles. The minimum absolute atomic E-state index is 0.0336. The number of para-hydroxylation sites is 2. The zero-order valence-electron chi connectivity index (χ0n) is 22.4. The smallest absolute Gasteiger partial charge is 0.259 e. The number of hydrogen-bond acceptors (Lipinski definition) is 4. The van der Waals surface area contributed by atoms with Gasteiger partial charge in [-0.1, -0.05) is 38.1 Å². The van der Waals surface area contributed by atoms with Crippen molar-refractivity contribution in [2.75, 3.05) is 28.2 Å². The van der Waals surface area contributed by atoms with E-state index in [-0.39, 0.29) is 17.1 Å². The summed E-state index contributed by atoms with van der Waals surface area (Å²) in [5.74, 6) is -0.660. The molecule has 0 radical (unpaired) electrons. The number of Topliss-reactive ketones (excluding diaryl/α,β-unsaturated/α-hetero) is 1. The molecule has 3 aromatic rings. The molecule has 1 amide bonds. The average molecular weight is 512 g/mol. The van der Waals surface area contributed by atoms with Gasteiger partial charge < -0.3 is 10.2 Å². The summed E-state index contributed by atoms with van der Waals surface area (Å²) in [5, 5.41) is 3.54. The standard InChI is InChI=1S/C32H34FN3O2/c1-5-35(6-2)24-17-13-21(14-18-24)30-29-26(19-32(3,4)20-28(29)37)34-25-9-7-8-10-27(25)36(30)31(38)22-11-15-23(33)16-12-22/h7-18,30,34H,5-6,19-20H2,1-4H3/t30-/m0/s1. The molecule has 0 unspecified atom stereocenters. The monoisotopic (exact) mass is 511 g/mol. The molecule has 1 aliphatic carbocycles. The Morgan fingerprint density at radius 1 is 0.974 bits per heavy atom. The molecular weight excluding hydrogens is 477 g/mol. The predicted octanol–water partition coefficient (Wildman–Crippen LogP) is 7.13. The highest BCUT2D eigenvalue weighted by Gasteiger charge is 2.43. The van der Waals surface area contributed by atoms with Crippen molar-refractivity contribution in [3.8, 4) is 0 Å². The Bertz CT molecular complexity index is 1390. The first-order valence-corrected chi connectivity index (χ1v) is 13.3. The van der Waals surface area contributed by atoms with E-state index in [1.165, 1.54) is 24.3 Å². The van der Waals surface area contributed by atoms with Crippen LogP contribution in [0, 0.1) is 11.2 Å². The third-order valence-corrected chi connectivity index (χ3v) is 7.55. The number of fused-ring (bicyclic) bond motifs is 1. The fourth-order valence-electron chi connectivity index (χ4n) is 5.71. The number of anilines is 3. The van der Waals surface area contributed by atoms with Crippen LogP contribution >= 0.6 is 0 Å². The van der Waals surface area contributed by atoms with E-state index in [0.29, 0.717) is 29.7 Å². The number of hydrogen-bond donors (Lipinski definition) is 1. The Morgan fingerprint density at radius 3 is 2.29 bits per heavy atom. The molecule has 0 bridgehead atoms. The minimum Gasteiger partial charge on any atom is -0.372 e. The Kier molecular flexibility index (Phi) is 6.82. The SMILES string of the molecule is CCN(CC)c1ccc([C@H]2C3=C(CC(C)(C)CC3=O)Nc3ccccc3N2C(=O)c2ccc(F)cc2)cc1. The number of nitrogens with zero attached hydrogens (tertiary/aromatic N) is 2. The van der Waals surface area contributed by atoms with Crippen molar-refractivity contribution in [1.82, 2.24) is 0 Å². The van der Waals surface area contributed by atoms with Crippen LogP contribution in [0.3, 0.4) is 0 Å². The first kappa shape index (κ1) is 25.7. The van der Waals surface area contributed by atoms with E-state index >= 15 is 0 Å². The van der Waals surface area contributed by atoms with E-state index in [0.717, 1.165) is 35.7 Å². The number of ketones is 1. The first-order valence-electron chi connectivity index (χ1n) is 13.3. The highest BCUT2D eigenvalue weighted by Crippen LogP contribution is 2.48. The molecule has 1 heterocycles. The van der Waals surface area contributed by atoms with Crippen LogP contribution < -0.4 is 15.1 Å².